The SMILES string of the molecule is CCN1C(=O)C(=Nc2nc3c(s2)-c2cc4c(cc2C3(C(=O)OCc2ccccc2)C(=O)OCc2ccccc2)-c2sc(N=C3SC(=S)N(CC)C3=O)nc2C4(C(=O)OCc2ccccc2)C(=O)OCc2ccccc2)SC1=S. The van der Waals surface area contributed by atoms with E-state index in [1.54, 1.807) is 123 Å². The number of carbonyl (C=O) groups excluding carboxylic acids is 6. The van der Waals surface area contributed by atoms with Gasteiger partial charge in [0, 0.05) is 13.1 Å². The third kappa shape index (κ3) is 9.14. The lowest BCUT2D eigenvalue weighted by Crippen LogP contribution is -2.47. The first-order chi connectivity index (χ1) is 37.9. The van der Waals surface area contributed by atoms with Crippen molar-refractivity contribution in [2.24, 2.45) is 9.98 Å². The number of benzene rings is 5. The van der Waals surface area contributed by atoms with Gasteiger partial charge in [-0.25, -0.2) is 20.0 Å². The van der Waals surface area contributed by atoms with Crippen molar-refractivity contribution in [3.63, 3.8) is 0 Å². The van der Waals surface area contributed by atoms with E-state index >= 15 is 19.2 Å². The van der Waals surface area contributed by atoms with Crippen LogP contribution in [0.2, 0.25) is 0 Å². The zero-order valence-electron chi connectivity index (χ0n) is 41.2. The number of hydrogen-bond acceptors (Lipinski definition) is 20. The number of amides is 2. The third-order valence-corrected chi connectivity index (χ3v) is 17.8. The minimum absolute atomic E-state index is 0.0142. The maximum Gasteiger partial charge on any atom is 0.334 e. The van der Waals surface area contributed by atoms with Crippen LogP contribution in [0.25, 0.3) is 20.9 Å². The predicted octanol–water partition coefficient (Wildman–Crippen LogP) is 9.93. The second-order valence-electron chi connectivity index (χ2n) is 17.7. The highest BCUT2D eigenvalue weighted by atomic mass is 32.2. The summed E-state index contributed by atoms with van der Waals surface area (Å²) >= 11 is 14.9. The standard InChI is InChI=1S/C56H40N6O10S6/c1-3-61-45(63)43(77-53(61)73)59-51-57-41-39(75-51)35-25-38-36(26-37(35)55(41,47(65)69-27-31-17-9-5-10-18-31)48(66)70-28-32-19-11-6-12-20-32)40-42(58-52(76-40)60-44-46(64)62(4-2)54(74)78-44)56(38,49(67)71-29-33-21-13-7-14-22-33)50(68)72-30-34-23-15-8-16-24-34/h5-26H,3-4,27-30H2,1-2H3. The van der Waals surface area contributed by atoms with E-state index in [1.807, 2.05) is 24.3 Å². The summed E-state index contributed by atoms with van der Waals surface area (Å²) in [6, 6.07) is 38.6. The molecule has 2 aliphatic heterocycles. The number of thiazole rings is 2. The van der Waals surface area contributed by atoms with E-state index in [0.717, 1.165) is 46.2 Å². The van der Waals surface area contributed by atoms with Gasteiger partial charge in [-0.1, -0.05) is 168 Å². The average Bonchev–Trinajstić information content (AvgIpc) is 4.47. The van der Waals surface area contributed by atoms with Crippen LogP contribution in [0.1, 0.15) is 58.6 Å². The van der Waals surface area contributed by atoms with Crippen molar-refractivity contribution in [3.8, 4) is 20.9 Å². The molecule has 4 heterocycles. The number of carbonyl (C=O) groups is 6. The topological polar surface area (TPSA) is 196 Å². The second kappa shape index (κ2) is 21.7. The van der Waals surface area contributed by atoms with Crippen LogP contribution in [0, 0.1) is 0 Å². The molecule has 0 radical (unpaired) electrons. The molecule has 16 nitrogen and oxygen atoms in total. The number of hydrogen-bond donors (Lipinski definition) is 0. The average molecular weight is 1150 g/mol. The third-order valence-electron chi connectivity index (χ3n) is 13.2. The van der Waals surface area contributed by atoms with Crippen molar-refractivity contribution in [2.75, 3.05) is 13.1 Å². The van der Waals surface area contributed by atoms with Crippen LogP contribution in [-0.4, -0.2) is 87.3 Å². The van der Waals surface area contributed by atoms with Gasteiger partial charge in [0.15, 0.2) is 10.1 Å². The first-order valence-electron chi connectivity index (χ1n) is 24.2. The maximum atomic E-state index is 15.6. The monoisotopic (exact) mass is 1150 g/mol. The lowest BCUT2D eigenvalue weighted by Gasteiger charge is -2.28. The molecule has 0 spiro atoms. The van der Waals surface area contributed by atoms with E-state index in [2.05, 4.69) is 9.98 Å². The van der Waals surface area contributed by atoms with Crippen molar-refractivity contribution in [1.82, 2.24) is 19.8 Å². The number of aliphatic imine (C=N–C) groups is 2. The molecule has 390 valence electrons. The minimum Gasteiger partial charge on any atom is -0.459 e. The fourth-order valence-corrected chi connectivity index (χ4v) is 14.1. The van der Waals surface area contributed by atoms with Crippen LogP contribution in [-0.2, 0) is 85.0 Å². The van der Waals surface area contributed by atoms with Gasteiger partial charge in [0.05, 0.1) is 21.1 Å². The Kier molecular flexibility index (Phi) is 14.6. The molecule has 7 aromatic rings. The molecule has 22 heteroatoms. The number of rotatable bonds is 16. The Hall–Kier alpha value is -7.60. The summed E-state index contributed by atoms with van der Waals surface area (Å²) in [4.78, 5) is 112. The van der Waals surface area contributed by atoms with E-state index in [1.165, 1.54) is 9.80 Å². The predicted molar refractivity (Wildman–Crippen MR) is 305 cm³/mol. The molecule has 2 aromatic heterocycles. The molecule has 2 fully saturated rings. The molecular weight excluding hydrogens is 1110 g/mol. The first kappa shape index (κ1) is 52.5. The van der Waals surface area contributed by atoms with Gasteiger partial charge in [-0.15, -0.1) is 0 Å². The molecular formula is C56H40N6O10S6. The summed E-state index contributed by atoms with van der Waals surface area (Å²) in [7, 11) is 0. The highest BCUT2D eigenvalue weighted by Crippen LogP contribution is 2.61. The van der Waals surface area contributed by atoms with Crippen LogP contribution in [0.5, 0.6) is 0 Å². The van der Waals surface area contributed by atoms with Crippen molar-refractivity contribution >= 4 is 135 Å². The highest BCUT2D eigenvalue weighted by Gasteiger charge is 2.65. The molecule has 11 rings (SSSR count). The summed E-state index contributed by atoms with van der Waals surface area (Å²) in [5.41, 5.74) is -2.34. The van der Waals surface area contributed by atoms with E-state index in [4.69, 9.17) is 53.4 Å². The molecule has 0 atom stereocenters. The van der Waals surface area contributed by atoms with Crippen LogP contribution in [0.4, 0.5) is 10.3 Å². The number of thiocarbonyl (C=S) groups is 2. The van der Waals surface area contributed by atoms with Gasteiger partial charge >= 0.3 is 23.9 Å². The lowest BCUT2D eigenvalue weighted by molar-refractivity contribution is -0.166. The zero-order valence-corrected chi connectivity index (χ0v) is 46.1. The molecule has 78 heavy (non-hydrogen) atoms. The van der Waals surface area contributed by atoms with Gasteiger partial charge in [0.2, 0.25) is 21.1 Å². The van der Waals surface area contributed by atoms with Crippen molar-refractivity contribution < 1.29 is 47.7 Å². The first-order valence-corrected chi connectivity index (χ1v) is 28.3. The van der Waals surface area contributed by atoms with Crippen LogP contribution >= 0.6 is 70.6 Å². The summed E-state index contributed by atoms with van der Waals surface area (Å²) < 4.78 is 25.2. The Morgan fingerprint density at radius 2 is 0.795 bits per heavy atom. The highest BCUT2D eigenvalue weighted by molar-refractivity contribution is 8.35. The normalized spacial score (nSPS) is 16.5. The zero-order chi connectivity index (χ0) is 54.3. The largest absolute Gasteiger partial charge is 0.459 e. The van der Waals surface area contributed by atoms with Crippen LogP contribution < -0.4 is 0 Å². The summed E-state index contributed by atoms with van der Waals surface area (Å²) in [5.74, 6) is -5.13. The summed E-state index contributed by atoms with van der Waals surface area (Å²) in [6.07, 6.45) is 0. The number of ether oxygens (including phenoxy) is 4. The number of thioether (sulfide) groups is 2. The molecule has 0 N–H and O–H groups in total. The van der Waals surface area contributed by atoms with Crippen LogP contribution in [0.3, 0.4) is 0 Å². The number of aromatic nitrogens is 2. The molecule has 4 aliphatic rings. The fourth-order valence-electron chi connectivity index (χ4n) is 9.38. The molecule has 0 bridgehead atoms. The Morgan fingerprint density at radius 3 is 1.06 bits per heavy atom. The van der Waals surface area contributed by atoms with Gasteiger partial charge < -0.3 is 18.9 Å². The van der Waals surface area contributed by atoms with Crippen LogP contribution in [0.15, 0.2) is 143 Å². The van der Waals surface area contributed by atoms with Gasteiger partial charge in [0.25, 0.3) is 11.8 Å². The number of fused-ring (bicyclic) bond motifs is 6. The van der Waals surface area contributed by atoms with Gasteiger partial charge in [-0.05, 0) is 94.0 Å². The Labute approximate surface area is 472 Å². The van der Waals surface area contributed by atoms with E-state index < -0.39 is 46.5 Å². The Balaban J connectivity index is 1.16. The molecule has 0 saturated carbocycles. The van der Waals surface area contributed by atoms with Gasteiger partial charge in [-0.2, -0.15) is 0 Å². The number of esters is 4. The number of nitrogens with zero attached hydrogens (tertiary/aromatic N) is 6. The quantitative estimate of drug-likeness (QED) is 0.0383. The van der Waals surface area contributed by atoms with E-state index in [0.29, 0.717) is 44.0 Å². The molecule has 2 aliphatic carbocycles. The van der Waals surface area contributed by atoms with Gasteiger partial charge in [-0.3, -0.25) is 38.6 Å². The Bertz CT molecular complexity index is 3350. The molecule has 2 amide bonds. The minimum atomic E-state index is -2.50. The summed E-state index contributed by atoms with van der Waals surface area (Å²) in [6.45, 7) is 3.09. The fraction of sp³-hybridized carbons (Fsp3) is 0.179. The van der Waals surface area contributed by atoms with E-state index in [9.17, 15) is 9.59 Å². The van der Waals surface area contributed by atoms with Crippen molar-refractivity contribution in [3.05, 3.63) is 178 Å². The van der Waals surface area contributed by atoms with E-state index in [-0.39, 0.29) is 90.2 Å². The van der Waals surface area contributed by atoms with Crippen molar-refractivity contribution in [1.29, 1.82) is 0 Å². The summed E-state index contributed by atoms with van der Waals surface area (Å²) in [5, 5.41) is 0.00954. The smallest absolute Gasteiger partial charge is 0.334 e. The molecule has 2 saturated heterocycles. The van der Waals surface area contributed by atoms with Crippen molar-refractivity contribution in [2.45, 2.75) is 51.1 Å². The second-order valence-corrected chi connectivity index (χ2v) is 22.9. The Morgan fingerprint density at radius 1 is 0.500 bits per heavy atom. The van der Waals surface area contributed by atoms with Gasteiger partial charge in [0.1, 0.15) is 35.1 Å². The molecule has 0 unspecified atom stereocenters. The lowest BCUT2D eigenvalue weighted by atomic mass is 9.76. The molecule has 5 aromatic carbocycles. The maximum absolute atomic E-state index is 15.6.